The molecule has 3 N–H and O–H groups in total. The molecule has 0 fully saturated rings. The van der Waals surface area contributed by atoms with Crippen molar-refractivity contribution >= 4 is 11.8 Å². The van der Waals surface area contributed by atoms with Crippen molar-refractivity contribution in [2.75, 3.05) is 11.5 Å². The first-order chi connectivity index (χ1) is 7.26. The molecule has 84 valence electrons. The number of halogens is 1. The van der Waals surface area contributed by atoms with Crippen LogP contribution >= 0.6 is 11.8 Å². The molecule has 0 saturated heterocycles. The second-order valence-corrected chi connectivity index (χ2v) is 4.67. The Hall–Kier alpha value is -0.580. The van der Waals surface area contributed by atoms with E-state index >= 15 is 0 Å². The Morgan fingerprint density at radius 2 is 2.07 bits per heavy atom. The minimum atomic E-state index is -0.195. The number of nitrogens with one attached hydrogen (secondary N) is 1. The van der Waals surface area contributed by atoms with Gasteiger partial charge in [-0.15, -0.1) is 0 Å². The van der Waals surface area contributed by atoms with Gasteiger partial charge in [0.2, 0.25) is 0 Å². The van der Waals surface area contributed by atoms with Crippen LogP contribution in [0.25, 0.3) is 0 Å². The molecule has 1 rings (SSSR count). The number of nitrogens with two attached hydrogens (primary N) is 1. The van der Waals surface area contributed by atoms with Crippen molar-refractivity contribution in [1.82, 2.24) is 5.43 Å². The van der Waals surface area contributed by atoms with E-state index in [-0.39, 0.29) is 11.9 Å². The van der Waals surface area contributed by atoms with E-state index < -0.39 is 0 Å². The second kappa shape index (κ2) is 6.82. The molecule has 1 aromatic rings. The molecule has 1 atom stereocenters. The van der Waals surface area contributed by atoms with Gasteiger partial charge in [-0.2, -0.15) is 11.8 Å². The Balaban J connectivity index is 2.47. The average Bonchev–Trinajstić information content (AvgIpc) is 2.27. The highest BCUT2D eigenvalue weighted by molar-refractivity contribution is 7.99. The van der Waals surface area contributed by atoms with Crippen LogP contribution in [0.4, 0.5) is 4.39 Å². The van der Waals surface area contributed by atoms with Crippen LogP contribution in [0.2, 0.25) is 0 Å². The van der Waals surface area contributed by atoms with E-state index in [1.54, 1.807) is 12.1 Å². The number of hydrogen-bond donors (Lipinski definition) is 2. The Morgan fingerprint density at radius 3 is 2.60 bits per heavy atom. The Labute approximate surface area is 94.4 Å². The zero-order chi connectivity index (χ0) is 11.1. The summed E-state index contributed by atoms with van der Waals surface area (Å²) in [4.78, 5) is 0. The highest BCUT2D eigenvalue weighted by atomic mass is 32.2. The SMILES string of the molecule is CCSCC(Cc1ccc(F)cc1)NN. The van der Waals surface area contributed by atoms with Gasteiger partial charge >= 0.3 is 0 Å². The third-order valence-electron chi connectivity index (χ3n) is 2.15. The maximum atomic E-state index is 12.7. The van der Waals surface area contributed by atoms with E-state index in [4.69, 9.17) is 5.84 Å². The van der Waals surface area contributed by atoms with Crippen LogP contribution < -0.4 is 11.3 Å². The molecular formula is C11H17FN2S. The van der Waals surface area contributed by atoms with E-state index in [2.05, 4.69) is 12.3 Å². The lowest BCUT2D eigenvalue weighted by atomic mass is 10.1. The molecule has 0 amide bonds. The quantitative estimate of drug-likeness (QED) is 0.577. The molecular weight excluding hydrogens is 211 g/mol. The number of rotatable bonds is 6. The monoisotopic (exact) mass is 228 g/mol. The van der Waals surface area contributed by atoms with Gasteiger partial charge in [-0.05, 0) is 29.9 Å². The molecule has 0 bridgehead atoms. The zero-order valence-corrected chi connectivity index (χ0v) is 9.69. The molecule has 1 unspecified atom stereocenters. The Morgan fingerprint density at radius 1 is 1.40 bits per heavy atom. The largest absolute Gasteiger partial charge is 0.271 e. The normalized spacial score (nSPS) is 12.7. The van der Waals surface area contributed by atoms with Crippen LogP contribution in [0, 0.1) is 5.82 Å². The van der Waals surface area contributed by atoms with E-state index in [0.717, 1.165) is 23.5 Å². The number of hydrazine groups is 1. The van der Waals surface area contributed by atoms with Crippen molar-refractivity contribution in [3.63, 3.8) is 0 Å². The van der Waals surface area contributed by atoms with Crippen LogP contribution in [0.5, 0.6) is 0 Å². The van der Waals surface area contributed by atoms with Gasteiger partial charge in [-0.1, -0.05) is 19.1 Å². The van der Waals surface area contributed by atoms with E-state index in [1.165, 1.54) is 12.1 Å². The Bertz CT molecular complexity index is 276. The molecule has 0 saturated carbocycles. The maximum absolute atomic E-state index is 12.7. The fourth-order valence-corrected chi connectivity index (χ4v) is 2.07. The number of thioether (sulfide) groups is 1. The first-order valence-corrected chi connectivity index (χ1v) is 6.20. The average molecular weight is 228 g/mol. The fourth-order valence-electron chi connectivity index (χ4n) is 1.33. The van der Waals surface area contributed by atoms with Gasteiger partial charge in [-0.25, -0.2) is 4.39 Å². The molecule has 0 spiro atoms. The van der Waals surface area contributed by atoms with Gasteiger partial charge < -0.3 is 0 Å². The van der Waals surface area contributed by atoms with Gasteiger partial charge in [0, 0.05) is 11.8 Å². The summed E-state index contributed by atoms with van der Waals surface area (Å²) >= 11 is 1.85. The summed E-state index contributed by atoms with van der Waals surface area (Å²) in [6, 6.07) is 6.82. The van der Waals surface area contributed by atoms with E-state index in [1.807, 2.05) is 11.8 Å². The molecule has 0 aliphatic rings. The number of benzene rings is 1. The topological polar surface area (TPSA) is 38.0 Å². The third kappa shape index (κ3) is 4.64. The summed E-state index contributed by atoms with van der Waals surface area (Å²) < 4.78 is 12.7. The van der Waals surface area contributed by atoms with Crippen molar-refractivity contribution < 1.29 is 4.39 Å². The summed E-state index contributed by atoms with van der Waals surface area (Å²) in [5.74, 6) is 7.32. The van der Waals surface area contributed by atoms with Crippen LogP contribution in [-0.4, -0.2) is 17.5 Å². The lowest BCUT2D eigenvalue weighted by Crippen LogP contribution is -2.38. The molecule has 0 heterocycles. The van der Waals surface area contributed by atoms with E-state index in [9.17, 15) is 4.39 Å². The molecule has 0 aliphatic carbocycles. The molecule has 2 nitrogen and oxygen atoms in total. The third-order valence-corrected chi connectivity index (χ3v) is 3.20. The highest BCUT2D eigenvalue weighted by Gasteiger charge is 2.07. The highest BCUT2D eigenvalue weighted by Crippen LogP contribution is 2.09. The summed E-state index contributed by atoms with van der Waals surface area (Å²) in [5.41, 5.74) is 3.89. The molecule has 0 aromatic heterocycles. The molecule has 15 heavy (non-hydrogen) atoms. The predicted octanol–water partition coefficient (Wildman–Crippen LogP) is 1.95. The minimum absolute atomic E-state index is 0.195. The predicted molar refractivity (Wildman–Crippen MR) is 64.2 cm³/mol. The maximum Gasteiger partial charge on any atom is 0.123 e. The van der Waals surface area contributed by atoms with Crippen molar-refractivity contribution in [2.45, 2.75) is 19.4 Å². The lowest BCUT2D eigenvalue weighted by molar-refractivity contribution is 0.574. The molecule has 0 radical (unpaired) electrons. The minimum Gasteiger partial charge on any atom is -0.271 e. The second-order valence-electron chi connectivity index (χ2n) is 3.35. The standard InChI is InChI=1S/C11H17FN2S/c1-2-15-8-11(14-13)7-9-3-5-10(12)6-4-9/h3-6,11,14H,2,7-8,13H2,1H3. The first kappa shape index (κ1) is 12.5. The summed E-state index contributed by atoms with van der Waals surface area (Å²) in [6.07, 6.45) is 0.837. The van der Waals surface area contributed by atoms with Crippen molar-refractivity contribution in [3.8, 4) is 0 Å². The van der Waals surface area contributed by atoms with Gasteiger partial charge in [0.05, 0.1) is 0 Å². The number of hydrogen-bond acceptors (Lipinski definition) is 3. The Kier molecular flexibility index (Phi) is 5.68. The zero-order valence-electron chi connectivity index (χ0n) is 8.87. The first-order valence-electron chi connectivity index (χ1n) is 5.04. The molecule has 1 aromatic carbocycles. The van der Waals surface area contributed by atoms with Gasteiger partial charge in [0.25, 0.3) is 0 Å². The van der Waals surface area contributed by atoms with E-state index in [0.29, 0.717) is 0 Å². The lowest BCUT2D eigenvalue weighted by Gasteiger charge is -2.14. The molecule has 0 aliphatic heterocycles. The van der Waals surface area contributed by atoms with Crippen LogP contribution in [0.3, 0.4) is 0 Å². The summed E-state index contributed by atoms with van der Waals surface area (Å²) in [7, 11) is 0. The van der Waals surface area contributed by atoms with Crippen LogP contribution in [0.1, 0.15) is 12.5 Å². The van der Waals surface area contributed by atoms with Gasteiger partial charge in [0.1, 0.15) is 5.82 Å². The van der Waals surface area contributed by atoms with Crippen molar-refractivity contribution in [2.24, 2.45) is 5.84 Å². The molecule has 4 heteroatoms. The summed E-state index contributed by atoms with van der Waals surface area (Å²) in [5, 5.41) is 0. The van der Waals surface area contributed by atoms with Gasteiger partial charge in [-0.3, -0.25) is 11.3 Å². The smallest absolute Gasteiger partial charge is 0.123 e. The van der Waals surface area contributed by atoms with Crippen LogP contribution in [-0.2, 0) is 6.42 Å². The fraction of sp³-hybridized carbons (Fsp3) is 0.455. The van der Waals surface area contributed by atoms with Gasteiger partial charge in [0.15, 0.2) is 0 Å². The van der Waals surface area contributed by atoms with Crippen molar-refractivity contribution in [3.05, 3.63) is 35.6 Å². The summed E-state index contributed by atoms with van der Waals surface area (Å²) in [6.45, 7) is 2.12. The van der Waals surface area contributed by atoms with Crippen molar-refractivity contribution in [1.29, 1.82) is 0 Å². The van der Waals surface area contributed by atoms with Crippen LogP contribution in [0.15, 0.2) is 24.3 Å².